The number of amides is 1. The maximum atomic E-state index is 13.0. The number of carbonyl (C=O) groups excluding carboxylic acids is 2. The summed E-state index contributed by atoms with van der Waals surface area (Å²) < 4.78 is 45.3. The van der Waals surface area contributed by atoms with Crippen molar-refractivity contribution < 1.29 is 27.1 Å². The Labute approximate surface area is 176 Å². The summed E-state index contributed by atoms with van der Waals surface area (Å²) in [4.78, 5) is 25.0. The van der Waals surface area contributed by atoms with Crippen LogP contribution >= 0.6 is 11.3 Å². The van der Waals surface area contributed by atoms with Crippen molar-refractivity contribution in [1.82, 2.24) is 5.32 Å². The molecule has 1 heterocycles. The third-order valence-corrected chi connectivity index (χ3v) is 6.15. The zero-order chi connectivity index (χ0) is 21.6. The Morgan fingerprint density at radius 2 is 1.73 bits per heavy atom. The first kappa shape index (κ1) is 21.5. The topological polar surface area (TPSA) is 102 Å². The monoisotopic (exact) mass is 448 g/mol. The van der Waals surface area contributed by atoms with Gasteiger partial charge in [-0.25, -0.2) is 17.6 Å². The van der Waals surface area contributed by atoms with Gasteiger partial charge in [0.25, 0.3) is 15.9 Å². The van der Waals surface area contributed by atoms with Gasteiger partial charge in [0.15, 0.2) is 6.61 Å². The van der Waals surface area contributed by atoms with Crippen molar-refractivity contribution in [1.29, 1.82) is 0 Å². The predicted octanol–water partition coefficient (Wildman–Crippen LogP) is 3.16. The highest BCUT2D eigenvalue weighted by atomic mass is 32.2. The van der Waals surface area contributed by atoms with Gasteiger partial charge in [-0.05, 0) is 47.8 Å². The van der Waals surface area contributed by atoms with Crippen molar-refractivity contribution in [2.24, 2.45) is 0 Å². The summed E-state index contributed by atoms with van der Waals surface area (Å²) >= 11 is 1.48. The van der Waals surface area contributed by atoms with E-state index in [2.05, 4.69) is 10.0 Å². The first-order valence-electron chi connectivity index (χ1n) is 8.69. The molecule has 30 heavy (non-hydrogen) atoms. The van der Waals surface area contributed by atoms with Crippen LogP contribution in [0, 0.1) is 5.82 Å². The number of anilines is 1. The van der Waals surface area contributed by atoms with Crippen LogP contribution < -0.4 is 10.0 Å². The minimum Gasteiger partial charge on any atom is -0.452 e. The minimum absolute atomic E-state index is 0.0224. The molecule has 0 aliphatic heterocycles. The molecular formula is C20H17FN2O5S2. The van der Waals surface area contributed by atoms with Crippen molar-refractivity contribution in [3.8, 4) is 0 Å². The van der Waals surface area contributed by atoms with Gasteiger partial charge in [0.2, 0.25) is 0 Å². The van der Waals surface area contributed by atoms with Gasteiger partial charge in [-0.1, -0.05) is 18.2 Å². The number of hydrogen-bond acceptors (Lipinski definition) is 6. The van der Waals surface area contributed by atoms with Gasteiger partial charge in [-0.15, -0.1) is 11.3 Å². The minimum atomic E-state index is -4.05. The van der Waals surface area contributed by atoms with Gasteiger partial charge in [-0.3, -0.25) is 9.52 Å². The lowest BCUT2D eigenvalue weighted by Crippen LogP contribution is -2.28. The summed E-state index contributed by atoms with van der Waals surface area (Å²) in [7, 11) is -4.05. The van der Waals surface area contributed by atoms with E-state index in [1.54, 1.807) is 0 Å². The van der Waals surface area contributed by atoms with Gasteiger partial charge in [-0.2, -0.15) is 0 Å². The lowest BCUT2D eigenvalue weighted by atomic mass is 10.2. The van der Waals surface area contributed by atoms with Gasteiger partial charge in [0.1, 0.15) is 5.82 Å². The van der Waals surface area contributed by atoms with Crippen LogP contribution in [0.4, 0.5) is 10.1 Å². The van der Waals surface area contributed by atoms with Crippen LogP contribution in [-0.2, 0) is 26.1 Å². The Balaban J connectivity index is 1.64. The third kappa shape index (κ3) is 5.65. The van der Waals surface area contributed by atoms with Gasteiger partial charge >= 0.3 is 5.97 Å². The number of hydrogen-bond donors (Lipinski definition) is 2. The number of halogens is 1. The molecule has 0 saturated carbocycles. The van der Waals surface area contributed by atoms with E-state index in [9.17, 15) is 22.4 Å². The van der Waals surface area contributed by atoms with Crippen LogP contribution in [-0.4, -0.2) is 26.9 Å². The summed E-state index contributed by atoms with van der Waals surface area (Å²) in [5.74, 6) is -1.92. The number of nitrogens with one attached hydrogen (secondary N) is 2. The molecule has 3 aromatic rings. The Hall–Kier alpha value is -3.24. The molecule has 0 aliphatic carbocycles. The largest absolute Gasteiger partial charge is 0.452 e. The second-order valence-corrected chi connectivity index (χ2v) is 8.75. The lowest BCUT2D eigenvalue weighted by Gasteiger charge is -2.12. The Morgan fingerprint density at radius 3 is 2.43 bits per heavy atom. The van der Waals surface area contributed by atoms with Crippen molar-refractivity contribution in [3.63, 3.8) is 0 Å². The van der Waals surface area contributed by atoms with Crippen LogP contribution in [0.15, 0.2) is 70.9 Å². The zero-order valence-electron chi connectivity index (χ0n) is 15.5. The molecule has 0 atom stereocenters. The molecule has 7 nitrogen and oxygen atoms in total. The summed E-state index contributed by atoms with van der Waals surface area (Å²) in [6, 6.07) is 13.8. The number of benzene rings is 2. The maximum Gasteiger partial charge on any atom is 0.340 e. The van der Waals surface area contributed by atoms with Gasteiger partial charge < -0.3 is 10.1 Å². The molecule has 3 rings (SSSR count). The first-order chi connectivity index (χ1) is 14.3. The highest BCUT2D eigenvalue weighted by Crippen LogP contribution is 2.21. The molecule has 0 bridgehead atoms. The van der Waals surface area contributed by atoms with Crippen molar-refractivity contribution >= 4 is 38.9 Å². The van der Waals surface area contributed by atoms with Crippen molar-refractivity contribution in [2.75, 3.05) is 11.3 Å². The third-order valence-electron chi connectivity index (χ3n) is 3.89. The summed E-state index contributed by atoms with van der Waals surface area (Å²) in [5, 5.41) is 4.50. The normalized spacial score (nSPS) is 11.0. The molecule has 0 radical (unpaired) electrons. The van der Waals surface area contributed by atoms with Crippen molar-refractivity contribution in [2.45, 2.75) is 11.4 Å². The van der Waals surface area contributed by atoms with Crippen LogP contribution in [0.2, 0.25) is 0 Å². The standard InChI is InChI=1S/C20H17FN2O5S2/c21-14-7-9-16(10-8-14)30(26,27)23-18-6-2-1-5-17(18)20(25)28-13-19(24)22-12-15-4-3-11-29-15/h1-11,23H,12-13H2,(H,22,24). The average molecular weight is 448 g/mol. The highest BCUT2D eigenvalue weighted by molar-refractivity contribution is 7.92. The fraction of sp³-hybridized carbons (Fsp3) is 0.100. The molecular weight excluding hydrogens is 431 g/mol. The Kier molecular flexibility index (Phi) is 6.80. The number of ether oxygens (including phenoxy) is 1. The zero-order valence-corrected chi connectivity index (χ0v) is 17.1. The Morgan fingerprint density at radius 1 is 1.00 bits per heavy atom. The van der Waals surface area contributed by atoms with Crippen LogP contribution in [0.5, 0.6) is 0 Å². The summed E-state index contributed by atoms with van der Waals surface area (Å²) in [6.45, 7) is -0.189. The molecule has 0 spiro atoms. The summed E-state index contributed by atoms with van der Waals surface area (Å²) in [5.41, 5.74) is -0.0833. The molecule has 10 heteroatoms. The number of carbonyl (C=O) groups is 2. The molecule has 0 aliphatic rings. The molecule has 2 N–H and O–H groups in total. The van der Waals surface area contributed by atoms with Crippen LogP contribution in [0.1, 0.15) is 15.2 Å². The molecule has 1 aromatic heterocycles. The predicted molar refractivity (Wildman–Crippen MR) is 110 cm³/mol. The summed E-state index contributed by atoms with van der Waals surface area (Å²) in [6.07, 6.45) is 0. The van der Waals surface area contributed by atoms with E-state index in [4.69, 9.17) is 4.74 Å². The second kappa shape index (κ2) is 9.51. The number of sulfonamides is 1. The lowest BCUT2D eigenvalue weighted by molar-refractivity contribution is -0.124. The fourth-order valence-corrected chi connectivity index (χ4v) is 4.15. The van der Waals surface area contributed by atoms with E-state index in [1.165, 1.54) is 35.6 Å². The van der Waals surface area contributed by atoms with Crippen LogP contribution in [0.3, 0.4) is 0 Å². The number of thiophene rings is 1. The smallest absolute Gasteiger partial charge is 0.340 e. The SMILES string of the molecule is O=C(COC(=O)c1ccccc1NS(=O)(=O)c1ccc(F)cc1)NCc1cccs1. The molecule has 2 aromatic carbocycles. The quantitative estimate of drug-likeness (QED) is 0.516. The maximum absolute atomic E-state index is 13.0. The fourth-order valence-electron chi connectivity index (χ4n) is 2.43. The molecule has 0 unspecified atom stereocenters. The average Bonchev–Trinajstić information content (AvgIpc) is 3.24. The first-order valence-corrected chi connectivity index (χ1v) is 11.0. The molecule has 0 saturated heterocycles. The van der Waals surface area contributed by atoms with E-state index < -0.39 is 34.3 Å². The number of para-hydroxylation sites is 1. The van der Waals surface area contributed by atoms with E-state index in [0.717, 1.165) is 29.1 Å². The van der Waals surface area contributed by atoms with E-state index >= 15 is 0 Å². The highest BCUT2D eigenvalue weighted by Gasteiger charge is 2.20. The Bertz CT molecular complexity index is 1130. The van der Waals surface area contributed by atoms with E-state index in [1.807, 2.05) is 17.5 Å². The molecule has 1 amide bonds. The number of rotatable bonds is 8. The van der Waals surface area contributed by atoms with Gasteiger partial charge in [0, 0.05) is 4.88 Å². The van der Waals surface area contributed by atoms with Crippen molar-refractivity contribution in [3.05, 3.63) is 82.3 Å². The van der Waals surface area contributed by atoms with Crippen LogP contribution in [0.25, 0.3) is 0 Å². The van der Waals surface area contributed by atoms with Gasteiger partial charge in [0.05, 0.1) is 22.7 Å². The molecule has 0 fully saturated rings. The molecule has 156 valence electrons. The number of esters is 1. The van der Waals surface area contributed by atoms with E-state index in [-0.39, 0.29) is 16.1 Å². The van der Waals surface area contributed by atoms with E-state index in [0.29, 0.717) is 6.54 Å². The second-order valence-electron chi connectivity index (χ2n) is 6.04.